The van der Waals surface area contributed by atoms with Crippen molar-refractivity contribution < 1.29 is 9.53 Å². The van der Waals surface area contributed by atoms with E-state index in [1.54, 1.807) is 10.8 Å². The summed E-state index contributed by atoms with van der Waals surface area (Å²) >= 11 is 0. The third kappa shape index (κ3) is 2.88. The summed E-state index contributed by atoms with van der Waals surface area (Å²) in [6.07, 6.45) is 1.76. The van der Waals surface area contributed by atoms with E-state index in [0.29, 0.717) is 5.39 Å². The van der Waals surface area contributed by atoms with Crippen LogP contribution in [0.1, 0.15) is 18.1 Å². The highest BCUT2D eigenvalue weighted by Gasteiger charge is 2.11. The largest absolute Gasteiger partial charge is 0.461 e. The summed E-state index contributed by atoms with van der Waals surface area (Å²) in [4.78, 5) is 23.9. The number of hydrogen-bond acceptors (Lipinski definition) is 3. The lowest BCUT2D eigenvalue weighted by Gasteiger charge is -2.15. The number of benzene rings is 2. The third-order valence-electron chi connectivity index (χ3n) is 3.88. The number of carbonyl (C=O) groups excluding carboxylic acids is 1. The minimum Gasteiger partial charge on any atom is -0.461 e. The Labute approximate surface area is 133 Å². The standard InChI is InChI=1S/C19H17NO3/c1-13-6-5-9-18(17(13)12-23-14(2)21)20-11-10-15-7-3-4-8-16(15)19(20)22/h3-11H,12H2,1-2H3. The Kier molecular flexibility index (Phi) is 3.98. The maximum atomic E-state index is 12.8. The number of aryl methyl sites for hydroxylation is 1. The average Bonchev–Trinajstić information content (AvgIpc) is 2.54. The smallest absolute Gasteiger partial charge is 0.302 e. The maximum Gasteiger partial charge on any atom is 0.302 e. The predicted molar refractivity (Wildman–Crippen MR) is 89.8 cm³/mol. The van der Waals surface area contributed by atoms with E-state index in [0.717, 1.165) is 22.2 Å². The third-order valence-corrected chi connectivity index (χ3v) is 3.88. The van der Waals surface area contributed by atoms with Crippen LogP contribution in [0, 0.1) is 6.92 Å². The molecular formula is C19H17NO3. The summed E-state index contributed by atoms with van der Waals surface area (Å²) in [7, 11) is 0. The molecular weight excluding hydrogens is 290 g/mol. The highest BCUT2D eigenvalue weighted by Crippen LogP contribution is 2.20. The highest BCUT2D eigenvalue weighted by atomic mass is 16.5. The summed E-state index contributed by atoms with van der Waals surface area (Å²) in [5, 5.41) is 1.57. The fourth-order valence-corrected chi connectivity index (χ4v) is 2.65. The molecule has 116 valence electrons. The van der Waals surface area contributed by atoms with Crippen molar-refractivity contribution in [2.24, 2.45) is 0 Å². The molecule has 3 rings (SSSR count). The summed E-state index contributed by atoms with van der Waals surface area (Å²) in [5.74, 6) is -0.343. The molecule has 0 aliphatic rings. The molecule has 0 amide bonds. The lowest BCUT2D eigenvalue weighted by Crippen LogP contribution is -2.19. The Morgan fingerprint density at radius 3 is 2.65 bits per heavy atom. The molecule has 4 nitrogen and oxygen atoms in total. The van der Waals surface area contributed by atoms with Gasteiger partial charge in [-0.15, -0.1) is 0 Å². The van der Waals surface area contributed by atoms with Gasteiger partial charge in [0.05, 0.1) is 5.69 Å². The van der Waals surface area contributed by atoms with Crippen molar-refractivity contribution in [2.45, 2.75) is 20.5 Å². The number of carbonyl (C=O) groups is 1. The molecule has 0 saturated carbocycles. The Bertz CT molecular complexity index is 941. The van der Waals surface area contributed by atoms with Crippen LogP contribution >= 0.6 is 0 Å². The molecule has 0 N–H and O–H groups in total. The van der Waals surface area contributed by atoms with E-state index in [1.807, 2.05) is 55.5 Å². The van der Waals surface area contributed by atoms with Crippen LogP contribution in [-0.4, -0.2) is 10.5 Å². The van der Waals surface area contributed by atoms with Crippen molar-refractivity contribution in [1.82, 2.24) is 4.57 Å². The molecule has 4 heteroatoms. The second-order valence-corrected chi connectivity index (χ2v) is 5.43. The first kappa shape index (κ1) is 15.0. The first-order valence-electron chi connectivity index (χ1n) is 7.40. The lowest BCUT2D eigenvalue weighted by atomic mass is 10.1. The summed E-state index contributed by atoms with van der Waals surface area (Å²) in [6.45, 7) is 3.46. The Balaban J connectivity index is 2.19. The number of pyridine rings is 1. The zero-order valence-electron chi connectivity index (χ0n) is 13.1. The fraction of sp³-hybridized carbons (Fsp3) is 0.158. The molecule has 0 aliphatic heterocycles. The predicted octanol–water partition coefficient (Wildman–Crippen LogP) is 3.36. The quantitative estimate of drug-likeness (QED) is 0.697. The molecule has 0 unspecified atom stereocenters. The van der Waals surface area contributed by atoms with E-state index in [-0.39, 0.29) is 18.1 Å². The van der Waals surface area contributed by atoms with Gasteiger partial charge >= 0.3 is 5.97 Å². The van der Waals surface area contributed by atoms with Gasteiger partial charge in [-0.2, -0.15) is 0 Å². The first-order valence-corrected chi connectivity index (χ1v) is 7.40. The van der Waals surface area contributed by atoms with Gasteiger partial charge in [-0.3, -0.25) is 14.2 Å². The SMILES string of the molecule is CC(=O)OCc1c(C)cccc1-n1ccc2ccccc2c1=O. The van der Waals surface area contributed by atoms with E-state index in [2.05, 4.69) is 0 Å². The summed E-state index contributed by atoms with van der Waals surface area (Å²) in [6, 6.07) is 15.1. The van der Waals surface area contributed by atoms with Crippen LogP contribution in [0.4, 0.5) is 0 Å². The number of nitrogens with zero attached hydrogens (tertiary/aromatic N) is 1. The fourth-order valence-electron chi connectivity index (χ4n) is 2.65. The van der Waals surface area contributed by atoms with Crippen molar-refractivity contribution in [3.05, 3.63) is 76.2 Å². The maximum absolute atomic E-state index is 12.8. The number of fused-ring (bicyclic) bond motifs is 1. The monoisotopic (exact) mass is 307 g/mol. The molecule has 0 bridgehead atoms. The van der Waals surface area contributed by atoms with E-state index < -0.39 is 0 Å². The van der Waals surface area contributed by atoms with Crippen molar-refractivity contribution in [3.63, 3.8) is 0 Å². The Morgan fingerprint density at radius 1 is 1.09 bits per heavy atom. The topological polar surface area (TPSA) is 48.3 Å². The van der Waals surface area contributed by atoms with Gasteiger partial charge in [-0.25, -0.2) is 0 Å². The van der Waals surface area contributed by atoms with Crippen molar-refractivity contribution in [2.75, 3.05) is 0 Å². The van der Waals surface area contributed by atoms with Gasteiger partial charge in [-0.05, 0) is 36.1 Å². The molecule has 0 spiro atoms. The van der Waals surface area contributed by atoms with Crippen molar-refractivity contribution >= 4 is 16.7 Å². The number of hydrogen-bond donors (Lipinski definition) is 0. The Hall–Kier alpha value is -2.88. The van der Waals surface area contributed by atoms with Crippen molar-refractivity contribution in [3.8, 4) is 5.69 Å². The zero-order valence-corrected chi connectivity index (χ0v) is 13.1. The van der Waals surface area contributed by atoms with E-state index >= 15 is 0 Å². The van der Waals surface area contributed by atoms with Gasteiger partial charge in [0.2, 0.25) is 0 Å². The second kappa shape index (κ2) is 6.08. The van der Waals surface area contributed by atoms with Gasteiger partial charge in [0, 0.05) is 24.1 Å². The van der Waals surface area contributed by atoms with E-state index in [1.165, 1.54) is 6.92 Å². The van der Waals surface area contributed by atoms with Crippen LogP contribution in [0.5, 0.6) is 0 Å². The lowest BCUT2D eigenvalue weighted by molar-refractivity contribution is -0.142. The first-order chi connectivity index (χ1) is 11.1. The highest BCUT2D eigenvalue weighted by molar-refractivity contribution is 5.81. The molecule has 0 fully saturated rings. The zero-order chi connectivity index (χ0) is 16.4. The molecule has 1 aromatic heterocycles. The minimum atomic E-state index is -0.343. The van der Waals surface area contributed by atoms with Crippen LogP contribution in [0.15, 0.2) is 59.5 Å². The van der Waals surface area contributed by atoms with Crippen LogP contribution in [0.3, 0.4) is 0 Å². The molecule has 3 aromatic rings. The van der Waals surface area contributed by atoms with E-state index in [4.69, 9.17) is 4.74 Å². The van der Waals surface area contributed by atoms with Crippen molar-refractivity contribution in [1.29, 1.82) is 0 Å². The van der Waals surface area contributed by atoms with Gasteiger partial charge in [0.25, 0.3) is 5.56 Å². The molecule has 0 aliphatic carbocycles. The second-order valence-electron chi connectivity index (χ2n) is 5.43. The van der Waals surface area contributed by atoms with Crippen LogP contribution < -0.4 is 5.56 Å². The molecule has 23 heavy (non-hydrogen) atoms. The number of ether oxygens (including phenoxy) is 1. The van der Waals surface area contributed by atoms with Gasteiger partial charge in [0.15, 0.2) is 0 Å². The van der Waals surface area contributed by atoms with Crippen LogP contribution in [0.25, 0.3) is 16.5 Å². The van der Waals surface area contributed by atoms with Gasteiger partial charge in [-0.1, -0.05) is 30.3 Å². The van der Waals surface area contributed by atoms with Crippen LogP contribution in [-0.2, 0) is 16.1 Å². The van der Waals surface area contributed by atoms with Gasteiger partial charge in [0.1, 0.15) is 6.61 Å². The molecule has 0 saturated heterocycles. The number of esters is 1. The minimum absolute atomic E-state index is 0.0854. The molecule has 1 heterocycles. The number of rotatable bonds is 3. The average molecular weight is 307 g/mol. The van der Waals surface area contributed by atoms with Gasteiger partial charge < -0.3 is 4.74 Å². The van der Waals surface area contributed by atoms with Crippen LogP contribution in [0.2, 0.25) is 0 Å². The number of aromatic nitrogens is 1. The summed E-state index contributed by atoms with van der Waals surface area (Å²) < 4.78 is 6.75. The van der Waals surface area contributed by atoms with E-state index in [9.17, 15) is 9.59 Å². The summed E-state index contributed by atoms with van der Waals surface area (Å²) in [5.41, 5.74) is 2.46. The Morgan fingerprint density at radius 2 is 1.87 bits per heavy atom. The molecule has 2 aromatic carbocycles. The normalized spacial score (nSPS) is 10.7. The molecule has 0 atom stereocenters. The molecule has 0 radical (unpaired) electrons.